The van der Waals surface area contributed by atoms with Crippen LogP contribution in [-0.2, 0) is 0 Å². The van der Waals surface area contributed by atoms with Gasteiger partial charge in [0.2, 0.25) is 0 Å². The molecule has 1 heteroatoms. The number of benzene rings is 4. The van der Waals surface area contributed by atoms with E-state index in [4.69, 9.17) is 0 Å². The number of rotatable bonds is 4. The molecule has 6 rings (SSSR count). The molecular formula is C32H28Si. The second-order valence-corrected chi connectivity index (χ2v) is 11.5. The number of hydrogen-bond acceptors (Lipinski definition) is 0. The predicted octanol–water partition coefficient (Wildman–Crippen LogP) is 5.90. The Morgan fingerprint density at radius 3 is 1.30 bits per heavy atom. The zero-order valence-corrected chi connectivity index (χ0v) is 20.7. The molecule has 0 fully saturated rings. The Hall–Kier alpha value is -3.42. The molecule has 0 saturated carbocycles. The maximum Gasteiger partial charge on any atom is 0.0875 e. The quantitative estimate of drug-likeness (QED) is 0.346. The van der Waals surface area contributed by atoms with E-state index in [0.717, 1.165) is 0 Å². The molecule has 0 radical (unpaired) electrons. The summed E-state index contributed by atoms with van der Waals surface area (Å²) in [4.78, 5) is 0. The second-order valence-electron chi connectivity index (χ2n) is 9.56. The number of fused-ring (bicyclic) bond motifs is 2. The SMILES string of the molecule is CC1=Cc2ccccc2C1c1ccc([SiH2]c2ccc(C3C(C)=Cc4ccccc43)cc2)cc1. The Labute approximate surface area is 199 Å². The van der Waals surface area contributed by atoms with Crippen LogP contribution in [0.4, 0.5) is 0 Å². The second kappa shape index (κ2) is 8.17. The van der Waals surface area contributed by atoms with Crippen molar-refractivity contribution in [2.24, 2.45) is 0 Å². The van der Waals surface area contributed by atoms with E-state index >= 15 is 0 Å². The highest BCUT2D eigenvalue weighted by Gasteiger charge is 2.24. The van der Waals surface area contributed by atoms with Crippen LogP contribution in [0.3, 0.4) is 0 Å². The van der Waals surface area contributed by atoms with Crippen LogP contribution in [0.25, 0.3) is 12.2 Å². The Morgan fingerprint density at radius 1 is 0.485 bits per heavy atom. The average Bonchev–Trinajstić information content (AvgIpc) is 3.35. The predicted molar refractivity (Wildman–Crippen MR) is 145 cm³/mol. The lowest BCUT2D eigenvalue weighted by molar-refractivity contribution is 0.977. The third-order valence-corrected chi connectivity index (χ3v) is 9.08. The first-order chi connectivity index (χ1) is 16.2. The molecule has 0 amide bonds. The van der Waals surface area contributed by atoms with E-state index in [-0.39, 0.29) is 0 Å². The molecule has 4 aromatic rings. The lowest BCUT2D eigenvalue weighted by atomic mass is 9.89. The molecule has 0 heterocycles. The summed E-state index contributed by atoms with van der Waals surface area (Å²) in [6.07, 6.45) is 4.67. The minimum absolute atomic E-state index is 0.404. The van der Waals surface area contributed by atoms with E-state index in [1.807, 2.05) is 0 Å². The van der Waals surface area contributed by atoms with Crippen molar-refractivity contribution in [2.45, 2.75) is 25.7 Å². The first-order valence-corrected chi connectivity index (χ1v) is 13.3. The highest BCUT2D eigenvalue weighted by molar-refractivity contribution is 6.67. The number of allylic oxidation sites excluding steroid dienone is 2. The van der Waals surface area contributed by atoms with E-state index in [9.17, 15) is 0 Å². The van der Waals surface area contributed by atoms with E-state index in [2.05, 4.69) is 123 Å². The minimum atomic E-state index is -0.483. The lowest BCUT2D eigenvalue weighted by Gasteiger charge is -2.16. The van der Waals surface area contributed by atoms with Crippen molar-refractivity contribution in [1.29, 1.82) is 0 Å². The summed E-state index contributed by atoms with van der Waals surface area (Å²) in [6, 6.07) is 36.5. The molecule has 0 spiro atoms. The third-order valence-electron chi connectivity index (χ3n) is 7.33. The zero-order chi connectivity index (χ0) is 22.4. The van der Waals surface area contributed by atoms with Crippen molar-refractivity contribution in [1.82, 2.24) is 0 Å². The largest absolute Gasteiger partial charge is 0.0875 e. The summed E-state index contributed by atoms with van der Waals surface area (Å²) >= 11 is 0. The van der Waals surface area contributed by atoms with Crippen LogP contribution in [0.5, 0.6) is 0 Å². The molecule has 0 N–H and O–H groups in total. The molecular weight excluding hydrogens is 412 g/mol. The Kier molecular flexibility index (Phi) is 5.00. The van der Waals surface area contributed by atoms with Crippen LogP contribution in [0.15, 0.2) is 108 Å². The first kappa shape index (κ1) is 20.2. The van der Waals surface area contributed by atoms with Gasteiger partial charge in [-0.15, -0.1) is 0 Å². The van der Waals surface area contributed by atoms with Crippen molar-refractivity contribution in [3.8, 4) is 0 Å². The summed E-state index contributed by atoms with van der Waals surface area (Å²) in [5, 5.41) is 3.00. The lowest BCUT2D eigenvalue weighted by Crippen LogP contribution is -2.27. The van der Waals surface area contributed by atoms with Crippen molar-refractivity contribution in [3.05, 3.63) is 142 Å². The maximum atomic E-state index is 2.36. The van der Waals surface area contributed by atoms with E-state index in [1.165, 1.54) is 54.9 Å². The summed E-state index contributed by atoms with van der Waals surface area (Å²) in [5.74, 6) is 0.809. The van der Waals surface area contributed by atoms with Crippen LogP contribution in [0.1, 0.15) is 59.1 Å². The van der Waals surface area contributed by atoms with Gasteiger partial charge in [0.05, 0.1) is 9.52 Å². The molecule has 0 bridgehead atoms. The van der Waals surface area contributed by atoms with Gasteiger partial charge >= 0.3 is 0 Å². The van der Waals surface area contributed by atoms with Crippen molar-refractivity contribution in [2.75, 3.05) is 0 Å². The Balaban J connectivity index is 1.20. The molecule has 2 aliphatic rings. The van der Waals surface area contributed by atoms with Gasteiger partial charge in [-0.1, -0.05) is 131 Å². The fourth-order valence-electron chi connectivity index (χ4n) is 5.73. The zero-order valence-electron chi connectivity index (χ0n) is 19.3. The smallest absolute Gasteiger partial charge is 0.0630 e. The topological polar surface area (TPSA) is 0 Å². The molecule has 2 unspecified atom stereocenters. The normalized spacial score (nSPS) is 18.8. The van der Waals surface area contributed by atoms with Crippen LogP contribution in [0, 0.1) is 0 Å². The Morgan fingerprint density at radius 2 is 0.879 bits per heavy atom. The van der Waals surface area contributed by atoms with Crippen LogP contribution in [-0.4, -0.2) is 9.52 Å². The highest BCUT2D eigenvalue weighted by atomic mass is 28.2. The maximum absolute atomic E-state index is 2.36. The summed E-state index contributed by atoms with van der Waals surface area (Å²) < 4.78 is 0. The summed E-state index contributed by atoms with van der Waals surface area (Å²) in [6.45, 7) is 4.52. The molecule has 0 nitrogen and oxygen atoms in total. The van der Waals surface area contributed by atoms with Gasteiger partial charge in [0.15, 0.2) is 0 Å². The standard InChI is InChI=1S/C32H28Si/c1-21-19-25-7-3-5-9-29(25)31(21)23-11-15-27(16-12-23)33-28-17-13-24(14-18-28)32-22(2)20-26-8-4-6-10-30(26)32/h3-20,31-32H,33H2,1-2H3. The molecule has 0 aliphatic heterocycles. The Bertz CT molecular complexity index is 1280. The van der Waals surface area contributed by atoms with Gasteiger partial charge in [-0.05, 0) is 47.2 Å². The molecule has 160 valence electrons. The molecule has 0 aromatic heterocycles. The minimum Gasteiger partial charge on any atom is -0.0630 e. The fraction of sp³-hybridized carbons (Fsp3) is 0.125. The van der Waals surface area contributed by atoms with Gasteiger partial charge in [0.1, 0.15) is 0 Å². The van der Waals surface area contributed by atoms with Crippen molar-refractivity contribution >= 4 is 32.0 Å². The van der Waals surface area contributed by atoms with Gasteiger partial charge in [-0.3, -0.25) is 0 Å². The van der Waals surface area contributed by atoms with E-state index < -0.39 is 9.52 Å². The highest BCUT2D eigenvalue weighted by Crippen LogP contribution is 2.41. The van der Waals surface area contributed by atoms with Gasteiger partial charge in [0, 0.05) is 11.8 Å². The van der Waals surface area contributed by atoms with E-state index in [1.54, 1.807) is 0 Å². The van der Waals surface area contributed by atoms with Gasteiger partial charge in [-0.2, -0.15) is 0 Å². The monoisotopic (exact) mass is 440 g/mol. The third kappa shape index (κ3) is 3.63. The van der Waals surface area contributed by atoms with Crippen molar-refractivity contribution < 1.29 is 0 Å². The van der Waals surface area contributed by atoms with Crippen LogP contribution >= 0.6 is 0 Å². The van der Waals surface area contributed by atoms with E-state index in [0.29, 0.717) is 11.8 Å². The van der Waals surface area contributed by atoms with Gasteiger partial charge in [-0.25, -0.2) is 0 Å². The van der Waals surface area contributed by atoms with Gasteiger partial charge < -0.3 is 0 Å². The molecule has 2 aliphatic carbocycles. The van der Waals surface area contributed by atoms with Crippen LogP contribution in [0.2, 0.25) is 0 Å². The first-order valence-electron chi connectivity index (χ1n) is 11.9. The van der Waals surface area contributed by atoms with Crippen LogP contribution < -0.4 is 10.4 Å². The van der Waals surface area contributed by atoms with Crippen molar-refractivity contribution in [3.63, 3.8) is 0 Å². The molecule has 4 aromatic carbocycles. The van der Waals surface area contributed by atoms with Gasteiger partial charge in [0.25, 0.3) is 0 Å². The summed E-state index contributed by atoms with van der Waals surface area (Å²) in [7, 11) is -0.483. The number of hydrogen-bond donors (Lipinski definition) is 0. The fourth-order valence-corrected chi connectivity index (χ4v) is 7.15. The molecule has 2 atom stereocenters. The summed E-state index contributed by atoms with van der Waals surface area (Å²) in [5.41, 5.74) is 11.3. The molecule has 0 saturated heterocycles. The average molecular weight is 441 g/mol. The molecule has 33 heavy (non-hydrogen) atoms.